The number of hydrogen-bond donors (Lipinski definition) is 1. The molecule has 0 bridgehead atoms. The van der Waals surface area contributed by atoms with Crippen molar-refractivity contribution in [3.8, 4) is 0 Å². The van der Waals surface area contributed by atoms with Crippen LogP contribution in [0.3, 0.4) is 0 Å². The number of carbonyl (C=O) groups excluding carboxylic acids is 1. The fraction of sp³-hybridized carbons (Fsp3) is 0.543. The summed E-state index contributed by atoms with van der Waals surface area (Å²) in [5.41, 5.74) is 4.17. The van der Waals surface area contributed by atoms with Gasteiger partial charge in [0, 0.05) is 60.6 Å². The lowest BCUT2D eigenvalue weighted by atomic mass is 9.97. The first kappa shape index (κ1) is 32.2. The van der Waals surface area contributed by atoms with E-state index in [9.17, 15) is 19.1 Å². The molecule has 5 rings (SSSR count). The Bertz CT molecular complexity index is 1400. The van der Waals surface area contributed by atoms with Crippen molar-refractivity contribution in [3.05, 3.63) is 58.7 Å². The molecule has 0 saturated carbocycles. The van der Waals surface area contributed by atoms with E-state index in [0.717, 1.165) is 85.4 Å². The molecular weight excluding hydrogens is 577 g/mol. The van der Waals surface area contributed by atoms with Crippen molar-refractivity contribution in [2.24, 2.45) is 0 Å². The molecule has 2 aliphatic rings. The Morgan fingerprint density at radius 3 is 2.52 bits per heavy atom. The molecule has 1 aromatic heterocycles. The zero-order chi connectivity index (χ0) is 30.9. The molecule has 9 heteroatoms. The second-order valence-electron chi connectivity index (χ2n) is 12.2. The summed E-state index contributed by atoms with van der Waals surface area (Å²) in [4.78, 5) is 31.1. The maximum atomic E-state index is 14.2. The number of nitrogens with zero attached hydrogens (tertiary/aromatic N) is 3. The predicted octanol–water partition coefficient (Wildman–Crippen LogP) is 7.89. The Kier molecular flexibility index (Phi) is 11.5. The molecule has 2 aliphatic heterocycles. The number of amides is 1. The molecule has 3 heterocycles. The van der Waals surface area contributed by atoms with E-state index in [1.54, 1.807) is 28.4 Å². The first-order chi connectivity index (χ1) is 21.4. The van der Waals surface area contributed by atoms with Crippen LogP contribution in [0.25, 0.3) is 10.1 Å². The topological polar surface area (TPSA) is 73.3 Å². The van der Waals surface area contributed by atoms with Gasteiger partial charge in [-0.15, -0.1) is 11.3 Å². The molecule has 1 fully saturated rings. The fourth-order valence-electron chi connectivity index (χ4n) is 6.58. The minimum absolute atomic E-state index is 0.0291. The quantitative estimate of drug-likeness (QED) is 0.137. The molecule has 2 aromatic carbocycles. The van der Waals surface area contributed by atoms with Gasteiger partial charge >= 0.3 is 6.16 Å². The van der Waals surface area contributed by atoms with Crippen molar-refractivity contribution >= 4 is 44.9 Å². The van der Waals surface area contributed by atoms with Gasteiger partial charge in [-0.3, -0.25) is 9.69 Å². The average Bonchev–Trinajstić information content (AvgIpc) is 3.49. The van der Waals surface area contributed by atoms with Gasteiger partial charge in [0.05, 0.1) is 6.54 Å². The number of hydrogen-bond acceptors (Lipinski definition) is 6. The van der Waals surface area contributed by atoms with Crippen LogP contribution in [0.15, 0.2) is 41.8 Å². The summed E-state index contributed by atoms with van der Waals surface area (Å²) < 4.78 is 20.5. The van der Waals surface area contributed by atoms with Gasteiger partial charge in [0.25, 0.3) is 0 Å². The van der Waals surface area contributed by atoms with Crippen molar-refractivity contribution in [3.63, 3.8) is 0 Å². The van der Waals surface area contributed by atoms with Crippen LogP contribution < -0.4 is 9.80 Å². The molecule has 0 spiro atoms. The minimum atomic E-state index is -1.28. The number of carbonyl (C=O) groups is 2. The van der Waals surface area contributed by atoms with Gasteiger partial charge in [0.1, 0.15) is 11.9 Å². The molecule has 7 nitrogen and oxygen atoms in total. The summed E-state index contributed by atoms with van der Waals surface area (Å²) in [5.74, 6) is -0.155. The number of fused-ring (bicyclic) bond motifs is 2. The standard InChI is InChI=1S/C35H46FN3O4S/c1-2-3-4-5-6-7-8-9-29(43-35(41)42)25-39-31-22-26(10-11-27(31)12-13-34(39)40)14-16-37-17-19-38(20-18-37)32-23-28(36)24-33-30(32)15-21-44-33/h10-11,15,21-24,29H,2-9,12-14,16-20,25H2,1H3,(H,41,42). The Hall–Kier alpha value is -3.17. The molecule has 1 atom stereocenters. The maximum Gasteiger partial charge on any atom is 0.506 e. The molecule has 44 heavy (non-hydrogen) atoms. The third kappa shape index (κ3) is 8.51. The largest absolute Gasteiger partial charge is 0.506 e. The highest BCUT2D eigenvalue weighted by Crippen LogP contribution is 2.33. The average molecular weight is 624 g/mol. The molecule has 1 saturated heterocycles. The highest BCUT2D eigenvalue weighted by atomic mass is 32.1. The van der Waals surface area contributed by atoms with E-state index in [1.807, 2.05) is 5.38 Å². The van der Waals surface area contributed by atoms with E-state index < -0.39 is 12.3 Å². The lowest BCUT2D eigenvalue weighted by molar-refractivity contribution is -0.119. The number of benzene rings is 2. The lowest BCUT2D eigenvalue weighted by Crippen LogP contribution is -2.47. The van der Waals surface area contributed by atoms with Crippen LogP contribution in [0.2, 0.25) is 0 Å². The number of carboxylic acid groups (broad SMARTS) is 1. The minimum Gasteiger partial charge on any atom is -0.450 e. The first-order valence-corrected chi connectivity index (χ1v) is 17.2. The van der Waals surface area contributed by atoms with Gasteiger partial charge in [-0.25, -0.2) is 9.18 Å². The first-order valence-electron chi connectivity index (χ1n) is 16.4. The van der Waals surface area contributed by atoms with E-state index in [0.29, 0.717) is 19.3 Å². The second kappa shape index (κ2) is 15.7. The van der Waals surface area contributed by atoms with E-state index >= 15 is 0 Å². The Balaban J connectivity index is 1.16. The predicted molar refractivity (Wildman–Crippen MR) is 177 cm³/mol. The zero-order valence-corrected chi connectivity index (χ0v) is 26.8. The Labute approximate surface area is 264 Å². The third-order valence-electron chi connectivity index (χ3n) is 9.08. The van der Waals surface area contributed by atoms with Crippen LogP contribution in [0, 0.1) is 5.82 Å². The maximum absolute atomic E-state index is 14.2. The number of ether oxygens (including phenoxy) is 1. The molecule has 0 aliphatic carbocycles. The summed E-state index contributed by atoms with van der Waals surface area (Å²) in [6.07, 6.45) is 8.81. The number of thiophene rings is 1. The van der Waals surface area contributed by atoms with E-state index in [2.05, 4.69) is 41.0 Å². The molecule has 238 valence electrons. The van der Waals surface area contributed by atoms with Gasteiger partial charge in [-0.1, -0.05) is 57.6 Å². The fourth-order valence-corrected chi connectivity index (χ4v) is 7.41. The summed E-state index contributed by atoms with van der Waals surface area (Å²) >= 11 is 1.57. The van der Waals surface area contributed by atoms with Crippen molar-refractivity contribution in [2.45, 2.75) is 83.7 Å². The van der Waals surface area contributed by atoms with E-state index in [-0.39, 0.29) is 18.3 Å². The highest BCUT2D eigenvalue weighted by molar-refractivity contribution is 7.17. The number of halogens is 1. The smallest absolute Gasteiger partial charge is 0.450 e. The zero-order valence-electron chi connectivity index (χ0n) is 25.9. The second-order valence-corrected chi connectivity index (χ2v) is 13.2. The highest BCUT2D eigenvalue weighted by Gasteiger charge is 2.28. The van der Waals surface area contributed by atoms with Gasteiger partial charge in [-0.05, 0) is 66.5 Å². The Morgan fingerprint density at radius 1 is 0.977 bits per heavy atom. The molecule has 1 unspecified atom stereocenters. The van der Waals surface area contributed by atoms with Crippen LogP contribution in [0.4, 0.5) is 20.6 Å². The number of unbranched alkanes of at least 4 members (excludes halogenated alkanes) is 6. The Morgan fingerprint density at radius 2 is 1.75 bits per heavy atom. The van der Waals surface area contributed by atoms with Crippen molar-refractivity contribution in [1.29, 1.82) is 0 Å². The van der Waals surface area contributed by atoms with Crippen LogP contribution in [-0.4, -0.2) is 67.4 Å². The number of anilines is 2. The molecule has 3 aromatic rings. The molecule has 0 radical (unpaired) electrons. The SMILES string of the molecule is CCCCCCCCCC(CN1C(=O)CCc2ccc(CCN3CCN(c4cc(F)cc5sccc45)CC3)cc21)OC(=O)O. The van der Waals surface area contributed by atoms with Crippen LogP contribution in [0.5, 0.6) is 0 Å². The summed E-state index contributed by atoms with van der Waals surface area (Å²) in [6, 6.07) is 11.8. The van der Waals surface area contributed by atoms with Crippen LogP contribution in [-0.2, 0) is 22.4 Å². The number of aryl methyl sites for hydroxylation is 1. The monoisotopic (exact) mass is 623 g/mol. The van der Waals surface area contributed by atoms with Crippen LogP contribution >= 0.6 is 11.3 Å². The van der Waals surface area contributed by atoms with E-state index in [1.165, 1.54) is 31.2 Å². The molecular formula is C35H46FN3O4S. The number of rotatable bonds is 15. The molecule has 1 N–H and O–H groups in total. The van der Waals surface area contributed by atoms with Gasteiger partial charge in [0.2, 0.25) is 5.91 Å². The number of piperazine rings is 1. The van der Waals surface area contributed by atoms with Gasteiger partial charge in [0.15, 0.2) is 0 Å². The van der Waals surface area contributed by atoms with Gasteiger partial charge in [-0.2, -0.15) is 0 Å². The van der Waals surface area contributed by atoms with E-state index in [4.69, 9.17) is 4.74 Å². The molecule has 1 amide bonds. The lowest BCUT2D eigenvalue weighted by Gasteiger charge is -2.36. The summed E-state index contributed by atoms with van der Waals surface area (Å²) in [5, 5.41) is 12.5. The third-order valence-corrected chi connectivity index (χ3v) is 9.94. The van der Waals surface area contributed by atoms with Gasteiger partial charge < -0.3 is 19.6 Å². The van der Waals surface area contributed by atoms with Crippen molar-refractivity contribution in [2.75, 3.05) is 49.1 Å². The summed E-state index contributed by atoms with van der Waals surface area (Å²) in [7, 11) is 0. The van der Waals surface area contributed by atoms with Crippen molar-refractivity contribution < 1.29 is 23.8 Å². The summed E-state index contributed by atoms with van der Waals surface area (Å²) in [6.45, 7) is 6.89. The normalized spacial score (nSPS) is 16.4. The van der Waals surface area contributed by atoms with Crippen LogP contribution in [0.1, 0.15) is 75.8 Å². The van der Waals surface area contributed by atoms with Crippen molar-refractivity contribution in [1.82, 2.24) is 4.90 Å².